The molecule has 6 nitrogen and oxygen atoms in total. The fraction of sp³-hybridized carbons (Fsp3) is 0.231. The second kappa shape index (κ2) is 6.29. The Morgan fingerprint density at radius 1 is 1.20 bits per heavy atom. The molecular formula is C13H15ClN4O2. The van der Waals surface area contributed by atoms with Gasteiger partial charge < -0.3 is 20.1 Å². The molecule has 1 aromatic carbocycles. The summed E-state index contributed by atoms with van der Waals surface area (Å²) in [5.41, 5.74) is 0.734. The molecule has 0 spiro atoms. The van der Waals surface area contributed by atoms with Gasteiger partial charge in [0.2, 0.25) is 5.95 Å². The maximum atomic E-state index is 5.94. The molecule has 0 radical (unpaired) electrons. The van der Waals surface area contributed by atoms with Crippen molar-refractivity contribution < 1.29 is 9.47 Å². The molecule has 0 bridgehead atoms. The van der Waals surface area contributed by atoms with Crippen molar-refractivity contribution in [2.45, 2.75) is 0 Å². The summed E-state index contributed by atoms with van der Waals surface area (Å²) in [6.07, 6.45) is 1.53. The third-order valence-corrected chi connectivity index (χ3v) is 2.91. The van der Waals surface area contributed by atoms with E-state index in [0.717, 1.165) is 5.69 Å². The minimum absolute atomic E-state index is 0.419. The number of aromatic nitrogens is 2. The van der Waals surface area contributed by atoms with E-state index < -0.39 is 0 Å². The van der Waals surface area contributed by atoms with Crippen LogP contribution in [0, 0.1) is 0 Å². The lowest BCUT2D eigenvalue weighted by Gasteiger charge is -2.12. The summed E-state index contributed by atoms with van der Waals surface area (Å²) >= 11 is 5.94. The van der Waals surface area contributed by atoms with Crippen LogP contribution < -0.4 is 20.1 Å². The Balaban J connectivity index is 2.29. The highest BCUT2D eigenvalue weighted by molar-refractivity contribution is 6.32. The second-order valence-electron chi connectivity index (χ2n) is 3.83. The highest BCUT2D eigenvalue weighted by Gasteiger charge is 2.08. The molecule has 1 aromatic heterocycles. The number of rotatable bonds is 5. The monoisotopic (exact) mass is 294 g/mol. The molecule has 0 aliphatic heterocycles. The molecule has 1 heterocycles. The molecule has 0 fully saturated rings. The maximum Gasteiger partial charge on any atom is 0.229 e. The van der Waals surface area contributed by atoms with Gasteiger partial charge in [0.05, 0.1) is 26.1 Å². The van der Waals surface area contributed by atoms with Crippen molar-refractivity contribution in [1.29, 1.82) is 0 Å². The lowest BCUT2D eigenvalue weighted by atomic mass is 10.2. The van der Waals surface area contributed by atoms with Crippen LogP contribution in [0.2, 0.25) is 5.02 Å². The molecule has 0 saturated heterocycles. The van der Waals surface area contributed by atoms with Crippen LogP contribution in [-0.2, 0) is 0 Å². The van der Waals surface area contributed by atoms with Crippen LogP contribution in [0.1, 0.15) is 0 Å². The maximum absolute atomic E-state index is 5.94. The summed E-state index contributed by atoms with van der Waals surface area (Å²) in [6, 6.07) is 5.42. The number of benzene rings is 1. The number of anilines is 3. The fourth-order valence-corrected chi connectivity index (χ4v) is 1.81. The predicted octanol–water partition coefficient (Wildman–Crippen LogP) is 2.93. The van der Waals surface area contributed by atoms with Gasteiger partial charge in [-0.3, -0.25) is 0 Å². The quantitative estimate of drug-likeness (QED) is 0.884. The van der Waals surface area contributed by atoms with Crippen LogP contribution in [0.15, 0.2) is 24.4 Å². The van der Waals surface area contributed by atoms with Crippen LogP contribution in [-0.4, -0.2) is 31.2 Å². The summed E-state index contributed by atoms with van der Waals surface area (Å²) in [7, 11) is 4.93. The van der Waals surface area contributed by atoms with E-state index in [9.17, 15) is 0 Å². The first-order chi connectivity index (χ1) is 9.67. The number of nitrogens with zero attached hydrogens (tertiary/aromatic N) is 2. The number of nitrogens with one attached hydrogen (secondary N) is 2. The number of halogens is 1. The van der Waals surface area contributed by atoms with Crippen molar-refractivity contribution in [3.8, 4) is 11.5 Å². The van der Waals surface area contributed by atoms with Gasteiger partial charge >= 0.3 is 0 Å². The number of ether oxygens (including phenoxy) is 2. The van der Waals surface area contributed by atoms with Crippen LogP contribution in [0.5, 0.6) is 11.5 Å². The van der Waals surface area contributed by atoms with Gasteiger partial charge in [0.1, 0.15) is 22.3 Å². The molecule has 0 aliphatic carbocycles. The van der Waals surface area contributed by atoms with E-state index in [0.29, 0.717) is 28.3 Å². The predicted molar refractivity (Wildman–Crippen MR) is 79.4 cm³/mol. The van der Waals surface area contributed by atoms with E-state index in [1.54, 1.807) is 27.3 Å². The lowest BCUT2D eigenvalue weighted by Crippen LogP contribution is -2.02. The van der Waals surface area contributed by atoms with Gasteiger partial charge in [0.25, 0.3) is 0 Å². The third-order valence-electron chi connectivity index (χ3n) is 2.64. The van der Waals surface area contributed by atoms with Crippen molar-refractivity contribution in [1.82, 2.24) is 9.97 Å². The van der Waals surface area contributed by atoms with Crippen molar-refractivity contribution in [2.75, 3.05) is 31.9 Å². The van der Waals surface area contributed by atoms with E-state index in [1.807, 2.05) is 12.1 Å². The third kappa shape index (κ3) is 3.03. The Morgan fingerprint density at radius 3 is 2.65 bits per heavy atom. The molecule has 0 aliphatic rings. The van der Waals surface area contributed by atoms with Gasteiger partial charge in [0, 0.05) is 13.1 Å². The molecule has 20 heavy (non-hydrogen) atoms. The SMILES string of the molecule is CNc1nc(Nc2ccc(OC)cc2OC)ncc1Cl. The topological polar surface area (TPSA) is 68.3 Å². The van der Waals surface area contributed by atoms with Gasteiger partial charge in [-0.15, -0.1) is 0 Å². The molecule has 0 unspecified atom stereocenters. The second-order valence-corrected chi connectivity index (χ2v) is 4.24. The summed E-state index contributed by atoms with van der Waals surface area (Å²) in [4.78, 5) is 8.37. The minimum atomic E-state index is 0.419. The van der Waals surface area contributed by atoms with Crippen LogP contribution in [0.3, 0.4) is 0 Å². The average Bonchev–Trinajstić information content (AvgIpc) is 2.49. The van der Waals surface area contributed by atoms with Crippen molar-refractivity contribution in [3.05, 3.63) is 29.4 Å². The summed E-state index contributed by atoms with van der Waals surface area (Å²) < 4.78 is 10.4. The molecule has 106 valence electrons. The van der Waals surface area contributed by atoms with Gasteiger partial charge in [-0.2, -0.15) is 4.98 Å². The zero-order chi connectivity index (χ0) is 14.5. The Hall–Kier alpha value is -2.21. The van der Waals surface area contributed by atoms with E-state index >= 15 is 0 Å². The van der Waals surface area contributed by atoms with E-state index in [2.05, 4.69) is 20.6 Å². The Morgan fingerprint density at radius 2 is 2.00 bits per heavy atom. The first kappa shape index (κ1) is 14.2. The van der Waals surface area contributed by atoms with E-state index in [4.69, 9.17) is 21.1 Å². The van der Waals surface area contributed by atoms with E-state index in [1.165, 1.54) is 6.20 Å². The largest absolute Gasteiger partial charge is 0.497 e. The summed E-state index contributed by atoms with van der Waals surface area (Å²) in [6.45, 7) is 0. The highest BCUT2D eigenvalue weighted by atomic mass is 35.5. The molecular weight excluding hydrogens is 280 g/mol. The molecule has 2 rings (SSSR count). The minimum Gasteiger partial charge on any atom is -0.497 e. The normalized spacial score (nSPS) is 10.0. The number of hydrogen-bond donors (Lipinski definition) is 2. The van der Waals surface area contributed by atoms with Crippen molar-refractivity contribution >= 4 is 29.1 Å². The van der Waals surface area contributed by atoms with Crippen molar-refractivity contribution in [3.63, 3.8) is 0 Å². The number of methoxy groups -OCH3 is 2. The summed E-state index contributed by atoms with van der Waals surface area (Å²) in [5.74, 6) is 2.31. The van der Waals surface area contributed by atoms with Crippen LogP contribution in [0.25, 0.3) is 0 Å². The standard InChI is InChI=1S/C13H15ClN4O2/c1-15-12-9(14)7-16-13(18-12)17-10-5-4-8(19-2)6-11(10)20-3/h4-7H,1-3H3,(H2,15,16,17,18). The fourth-order valence-electron chi connectivity index (χ4n) is 1.62. The molecule has 2 aromatic rings. The van der Waals surface area contributed by atoms with E-state index in [-0.39, 0.29) is 0 Å². The molecule has 0 saturated carbocycles. The molecule has 7 heteroatoms. The van der Waals surface area contributed by atoms with Gasteiger partial charge in [-0.25, -0.2) is 4.98 Å². The Kier molecular flexibility index (Phi) is 4.47. The average molecular weight is 295 g/mol. The molecule has 0 amide bonds. The number of hydrogen-bond acceptors (Lipinski definition) is 6. The van der Waals surface area contributed by atoms with Gasteiger partial charge in [-0.1, -0.05) is 11.6 Å². The zero-order valence-corrected chi connectivity index (χ0v) is 12.2. The Bertz CT molecular complexity index is 607. The molecule has 0 atom stereocenters. The molecule has 2 N–H and O–H groups in total. The zero-order valence-electron chi connectivity index (χ0n) is 11.4. The first-order valence-electron chi connectivity index (χ1n) is 5.87. The Labute approximate surface area is 122 Å². The smallest absolute Gasteiger partial charge is 0.229 e. The highest BCUT2D eigenvalue weighted by Crippen LogP contribution is 2.31. The van der Waals surface area contributed by atoms with Crippen LogP contribution in [0.4, 0.5) is 17.5 Å². The lowest BCUT2D eigenvalue weighted by molar-refractivity contribution is 0.395. The van der Waals surface area contributed by atoms with Crippen LogP contribution >= 0.6 is 11.6 Å². The first-order valence-corrected chi connectivity index (χ1v) is 6.25. The summed E-state index contributed by atoms with van der Waals surface area (Å²) in [5, 5.41) is 6.43. The van der Waals surface area contributed by atoms with Crippen molar-refractivity contribution in [2.24, 2.45) is 0 Å². The van der Waals surface area contributed by atoms with Gasteiger partial charge in [0.15, 0.2) is 0 Å². The van der Waals surface area contributed by atoms with Gasteiger partial charge in [-0.05, 0) is 12.1 Å².